The predicted molar refractivity (Wildman–Crippen MR) is 79.1 cm³/mol. The van der Waals surface area contributed by atoms with Crippen molar-refractivity contribution in [1.82, 2.24) is 10.6 Å². The maximum atomic E-state index is 4.17. The van der Waals surface area contributed by atoms with Crippen LogP contribution in [0.4, 0.5) is 0 Å². The van der Waals surface area contributed by atoms with E-state index in [4.69, 9.17) is 0 Å². The van der Waals surface area contributed by atoms with E-state index in [0.29, 0.717) is 0 Å². The minimum atomic E-state index is 0.175. The number of benzene rings is 1. The first-order valence-electron chi connectivity index (χ1n) is 6.66. The normalized spacial score (nSPS) is 12.3. The van der Waals surface area contributed by atoms with Crippen molar-refractivity contribution in [3.05, 3.63) is 35.9 Å². The van der Waals surface area contributed by atoms with Gasteiger partial charge in [0.25, 0.3) is 0 Å². The molecule has 0 amide bonds. The van der Waals surface area contributed by atoms with Crippen molar-refractivity contribution >= 4 is 5.96 Å². The third-order valence-corrected chi connectivity index (χ3v) is 3.79. The Morgan fingerprint density at radius 1 is 1.17 bits per heavy atom. The van der Waals surface area contributed by atoms with Crippen molar-refractivity contribution in [2.45, 2.75) is 32.1 Å². The molecule has 18 heavy (non-hydrogen) atoms. The summed E-state index contributed by atoms with van der Waals surface area (Å²) in [5.74, 6) is 0.845. The standard InChI is InChI=1S/C15H25N3/c1-5-15(6-2,12-18-14(16-3)17-4)13-10-8-7-9-11-13/h7-11H,5-6,12H2,1-4H3,(H2,16,17,18). The Kier molecular flexibility index (Phi) is 5.69. The van der Waals surface area contributed by atoms with Gasteiger partial charge in [0.1, 0.15) is 0 Å². The molecule has 3 heteroatoms. The van der Waals surface area contributed by atoms with Crippen LogP contribution in [0.5, 0.6) is 0 Å². The zero-order valence-electron chi connectivity index (χ0n) is 12.0. The van der Waals surface area contributed by atoms with Crippen LogP contribution in [0, 0.1) is 0 Å². The molecule has 1 aromatic rings. The lowest BCUT2D eigenvalue weighted by molar-refractivity contribution is 0.390. The van der Waals surface area contributed by atoms with Gasteiger partial charge >= 0.3 is 0 Å². The number of nitrogens with zero attached hydrogens (tertiary/aromatic N) is 1. The fourth-order valence-electron chi connectivity index (χ4n) is 2.33. The van der Waals surface area contributed by atoms with Gasteiger partial charge in [0.05, 0.1) is 0 Å². The van der Waals surface area contributed by atoms with Gasteiger partial charge in [-0.25, -0.2) is 0 Å². The van der Waals surface area contributed by atoms with E-state index in [0.717, 1.165) is 25.3 Å². The van der Waals surface area contributed by atoms with Crippen molar-refractivity contribution in [3.8, 4) is 0 Å². The molecule has 0 aliphatic heterocycles. The van der Waals surface area contributed by atoms with Crippen molar-refractivity contribution in [2.75, 3.05) is 20.6 Å². The quantitative estimate of drug-likeness (QED) is 0.619. The number of hydrogen-bond donors (Lipinski definition) is 2. The number of aliphatic imine (C=N–C) groups is 1. The Balaban J connectivity index is 2.88. The second-order valence-corrected chi connectivity index (χ2v) is 4.53. The molecule has 0 bridgehead atoms. The van der Waals surface area contributed by atoms with Crippen LogP contribution in [-0.2, 0) is 5.41 Å². The summed E-state index contributed by atoms with van der Waals surface area (Å²) < 4.78 is 0. The molecule has 0 heterocycles. The van der Waals surface area contributed by atoms with Crippen LogP contribution in [0.15, 0.2) is 35.3 Å². The number of rotatable bonds is 5. The topological polar surface area (TPSA) is 36.4 Å². The van der Waals surface area contributed by atoms with E-state index >= 15 is 0 Å². The van der Waals surface area contributed by atoms with E-state index in [-0.39, 0.29) is 5.41 Å². The van der Waals surface area contributed by atoms with Gasteiger partial charge < -0.3 is 10.6 Å². The summed E-state index contributed by atoms with van der Waals surface area (Å²) in [6, 6.07) is 10.7. The largest absolute Gasteiger partial charge is 0.359 e. The van der Waals surface area contributed by atoms with Crippen LogP contribution in [0.25, 0.3) is 0 Å². The summed E-state index contributed by atoms with van der Waals surface area (Å²) in [5.41, 5.74) is 1.57. The van der Waals surface area contributed by atoms with Crippen LogP contribution in [0.1, 0.15) is 32.3 Å². The minimum Gasteiger partial charge on any atom is -0.359 e. The lowest BCUT2D eigenvalue weighted by atomic mass is 9.76. The summed E-state index contributed by atoms with van der Waals surface area (Å²) in [5, 5.41) is 6.46. The first-order valence-corrected chi connectivity index (χ1v) is 6.66. The smallest absolute Gasteiger partial charge is 0.190 e. The lowest BCUT2D eigenvalue weighted by Gasteiger charge is -2.33. The molecule has 0 unspecified atom stereocenters. The van der Waals surface area contributed by atoms with Crippen LogP contribution in [-0.4, -0.2) is 26.6 Å². The van der Waals surface area contributed by atoms with E-state index < -0.39 is 0 Å². The lowest BCUT2D eigenvalue weighted by Crippen LogP contribution is -2.44. The third-order valence-electron chi connectivity index (χ3n) is 3.79. The molecule has 100 valence electrons. The molecule has 2 N–H and O–H groups in total. The monoisotopic (exact) mass is 247 g/mol. The van der Waals surface area contributed by atoms with Crippen molar-refractivity contribution in [3.63, 3.8) is 0 Å². The summed E-state index contributed by atoms with van der Waals surface area (Å²) in [7, 11) is 3.68. The number of nitrogens with one attached hydrogen (secondary N) is 2. The molecule has 0 aliphatic carbocycles. The van der Waals surface area contributed by atoms with Crippen molar-refractivity contribution in [1.29, 1.82) is 0 Å². The molecule has 3 nitrogen and oxygen atoms in total. The Hall–Kier alpha value is -1.51. The molecule has 0 aromatic heterocycles. The van der Waals surface area contributed by atoms with Gasteiger partial charge in [-0.3, -0.25) is 4.99 Å². The summed E-state index contributed by atoms with van der Waals surface area (Å²) in [4.78, 5) is 4.17. The number of hydrogen-bond acceptors (Lipinski definition) is 1. The van der Waals surface area contributed by atoms with Gasteiger partial charge in [-0.05, 0) is 18.4 Å². The Morgan fingerprint density at radius 2 is 1.78 bits per heavy atom. The molecule has 1 aromatic carbocycles. The van der Waals surface area contributed by atoms with E-state index in [2.05, 4.69) is 59.8 Å². The van der Waals surface area contributed by atoms with Gasteiger partial charge in [-0.2, -0.15) is 0 Å². The molecule has 0 aliphatic rings. The molecule has 0 spiro atoms. The second-order valence-electron chi connectivity index (χ2n) is 4.53. The molecule has 0 saturated carbocycles. The Bertz CT molecular complexity index is 367. The Labute approximate surface area is 111 Å². The van der Waals surface area contributed by atoms with Gasteiger partial charge in [-0.1, -0.05) is 44.2 Å². The summed E-state index contributed by atoms with van der Waals surface area (Å²) in [6.45, 7) is 5.40. The molecule has 1 rings (SSSR count). The first kappa shape index (κ1) is 14.6. The average Bonchev–Trinajstić information content (AvgIpc) is 2.45. The predicted octanol–water partition coefficient (Wildman–Crippen LogP) is 2.54. The third kappa shape index (κ3) is 3.25. The first-order chi connectivity index (χ1) is 8.72. The van der Waals surface area contributed by atoms with E-state index in [1.54, 1.807) is 7.05 Å². The highest BCUT2D eigenvalue weighted by atomic mass is 15.2. The minimum absolute atomic E-state index is 0.175. The van der Waals surface area contributed by atoms with Gasteiger partial charge in [0.2, 0.25) is 0 Å². The van der Waals surface area contributed by atoms with E-state index in [1.165, 1.54) is 5.56 Å². The van der Waals surface area contributed by atoms with Crippen LogP contribution in [0.2, 0.25) is 0 Å². The highest BCUT2D eigenvalue weighted by Crippen LogP contribution is 2.30. The molecular formula is C15H25N3. The highest BCUT2D eigenvalue weighted by molar-refractivity contribution is 5.79. The average molecular weight is 247 g/mol. The van der Waals surface area contributed by atoms with Gasteiger partial charge in [0.15, 0.2) is 5.96 Å². The second kappa shape index (κ2) is 7.04. The maximum Gasteiger partial charge on any atom is 0.190 e. The van der Waals surface area contributed by atoms with E-state index in [9.17, 15) is 0 Å². The zero-order chi connectivity index (χ0) is 13.4. The van der Waals surface area contributed by atoms with E-state index in [1.807, 2.05) is 7.05 Å². The number of guanidine groups is 1. The summed E-state index contributed by atoms with van der Waals surface area (Å²) >= 11 is 0. The molecule has 0 atom stereocenters. The molecular weight excluding hydrogens is 222 g/mol. The fraction of sp³-hybridized carbons (Fsp3) is 0.533. The molecule has 0 saturated heterocycles. The van der Waals surface area contributed by atoms with Crippen molar-refractivity contribution in [2.24, 2.45) is 4.99 Å². The highest BCUT2D eigenvalue weighted by Gasteiger charge is 2.28. The molecule has 0 radical (unpaired) electrons. The van der Waals surface area contributed by atoms with Gasteiger partial charge in [-0.15, -0.1) is 0 Å². The fourth-order valence-corrected chi connectivity index (χ4v) is 2.33. The van der Waals surface area contributed by atoms with Crippen LogP contribution in [0.3, 0.4) is 0 Å². The molecule has 0 fully saturated rings. The van der Waals surface area contributed by atoms with Gasteiger partial charge in [0, 0.05) is 26.1 Å². The maximum absolute atomic E-state index is 4.17. The van der Waals surface area contributed by atoms with Crippen LogP contribution < -0.4 is 10.6 Å². The summed E-state index contributed by atoms with van der Waals surface area (Å²) in [6.07, 6.45) is 2.22. The zero-order valence-corrected chi connectivity index (χ0v) is 12.0. The SMILES string of the molecule is CCC(CC)(CNC(=NC)NC)c1ccccc1. The Morgan fingerprint density at radius 3 is 2.22 bits per heavy atom. The van der Waals surface area contributed by atoms with Crippen molar-refractivity contribution < 1.29 is 0 Å². The van der Waals surface area contributed by atoms with Crippen LogP contribution >= 0.6 is 0 Å².